The van der Waals surface area contributed by atoms with Crippen molar-refractivity contribution in [3.05, 3.63) is 21.9 Å². The van der Waals surface area contributed by atoms with Gasteiger partial charge in [-0.15, -0.1) is 11.3 Å². The van der Waals surface area contributed by atoms with Gasteiger partial charge < -0.3 is 10.5 Å². The third-order valence-electron chi connectivity index (χ3n) is 2.96. The van der Waals surface area contributed by atoms with Crippen LogP contribution in [0.25, 0.3) is 0 Å². The normalized spacial score (nSPS) is 11.9. The van der Waals surface area contributed by atoms with Gasteiger partial charge in [0, 0.05) is 15.8 Å². The van der Waals surface area contributed by atoms with E-state index in [1.54, 1.807) is 11.3 Å². The summed E-state index contributed by atoms with van der Waals surface area (Å²) in [5.74, 6) is 5.91. The summed E-state index contributed by atoms with van der Waals surface area (Å²) in [5, 5.41) is 2.06. The molecule has 0 spiro atoms. The Morgan fingerprint density at radius 2 is 2.21 bits per heavy atom. The highest BCUT2D eigenvalue weighted by Gasteiger charge is 2.04. The number of hydrogen-bond acceptors (Lipinski definition) is 3. The molecule has 0 amide bonds. The van der Waals surface area contributed by atoms with E-state index < -0.39 is 0 Å². The molecule has 0 aromatic carbocycles. The molecule has 0 bridgehead atoms. The van der Waals surface area contributed by atoms with E-state index in [0.29, 0.717) is 19.3 Å². The van der Waals surface area contributed by atoms with Gasteiger partial charge in [0.15, 0.2) is 0 Å². The third kappa shape index (κ3) is 7.37. The zero-order chi connectivity index (χ0) is 13.9. The quantitative estimate of drug-likeness (QED) is 0.578. The van der Waals surface area contributed by atoms with Crippen molar-refractivity contribution in [3.63, 3.8) is 0 Å². The Kier molecular flexibility index (Phi) is 8.57. The summed E-state index contributed by atoms with van der Waals surface area (Å²) in [6, 6.07) is 2.09. The lowest BCUT2D eigenvalue weighted by Gasteiger charge is -2.11. The lowest BCUT2D eigenvalue weighted by molar-refractivity contribution is 0.0475. The second kappa shape index (κ2) is 10.0. The summed E-state index contributed by atoms with van der Waals surface area (Å²) < 4.78 is 5.86. The Hall–Kier alpha value is -0.820. The minimum absolute atomic E-state index is 0.345. The maximum absolute atomic E-state index is 5.86. The van der Waals surface area contributed by atoms with Gasteiger partial charge in [-0.05, 0) is 19.4 Å². The molecule has 1 heterocycles. The number of rotatable bonds is 8. The highest BCUT2D eigenvalue weighted by atomic mass is 32.1. The van der Waals surface area contributed by atoms with Gasteiger partial charge in [-0.3, -0.25) is 0 Å². The smallest absolute Gasteiger partial charge is 0.0813 e. The zero-order valence-corrected chi connectivity index (χ0v) is 12.9. The summed E-state index contributed by atoms with van der Waals surface area (Å²) >= 11 is 1.71. The maximum Gasteiger partial charge on any atom is 0.0813 e. The summed E-state index contributed by atoms with van der Waals surface area (Å²) in [4.78, 5) is 1.24. The molecule has 0 saturated carbocycles. The minimum Gasteiger partial charge on any atom is -0.373 e. The van der Waals surface area contributed by atoms with E-state index in [2.05, 4.69) is 37.1 Å². The second-order valence-electron chi connectivity index (χ2n) is 4.78. The molecule has 0 aliphatic carbocycles. The van der Waals surface area contributed by atoms with Crippen LogP contribution in [0.3, 0.4) is 0 Å². The summed E-state index contributed by atoms with van der Waals surface area (Å²) in [6.45, 7) is 5.51. The molecule has 0 aliphatic rings. The van der Waals surface area contributed by atoms with Crippen LogP contribution in [-0.2, 0) is 11.3 Å². The summed E-state index contributed by atoms with van der Waals surface area (Å²) in [7, 11) is 0. The van der Waals surface area contributed by atoms with Crippen LogP contribution in [0.2, 0.25) is 0 Å². The van der Waals surface area contributed by atoms with Crippen molar-refractivity contribution in [1.29, 1.82) is 0 Å². The van der Waals surface area contributed by atoms with Gasteiger partial charge in [-0.2, -0.15) is 0 Å². The second-order valence-corrected chi connectivity index (χ2v) is 5.77. The molecule has 106 valence electrons. The fraction of sp³-hybridized carbons (Fsp3) is 0.625. The topological polar surface area (TPSA) is 35.2 Å². The lowest BCUT2D eigenvalue weighted by Crippen LogP contribution is -2.07. The highest BCUT2D eigenvalue weighted by Crippen LogP contribution is 2.17. The van der Waals surface area contributed by atoms with Gasteiger partial charge >= 0.3 is 0 Å². The lowest BCUT2D eigenvalue weighted by atomic mass is 10.1. The van der Waals surface area contributed by atoms with Crippen LogP contribution >= 0.6 is 11.3 Å². The van der Waals surface area contributed by atoms with Crippen LogP contribution in [0, 0.1) is 11.8 Å². The van der Waals surface area contributed by atoms with Crippen molar-refractivity contribution in [2.75, 3.05) is 6.54 Å². The number of hydrogen-bond donors (Lipinski definition) is 1. The maximum atomic E-state index is 5.86. The SMILES string of the molecule is CCCCCCC(C)OCc1cc(C#CCN)cs1. The first-order chi connectivity index (χ1) is 9.26. The van der Waals surface area contributed by atoms with Crippen molar-refractivity contribution in [2.45, 2.75) is 58.7 Å². The fourth-order valence-corrected chi connectivity index (χ4v) is 2.58. The van der Waals surface area contributed by atoms with Gasteiger partial charge in [0.1, 0.15) is 0 Å². The van der Waals surface area contributed by atoms with Crippen LogP contribution in [0.5, 0.6) is 0 Å². The van der Waals surface area contributed by atoms with Gasteiger partial charge in [0.05, 0.1) is 19.3 Å². The van der Waals surface area contributed by atoms with Gasteiger partial charge in [-0.1, -0.05) is 44.4 Å². The van der Waals surface area contributed by atoms with E-state index in [0.717, 1.165) is 12.0 Å². The van der Waals surface area contributed by atoms with Crippen LogP contribution in [0.4, 0.5) is 0 Å². The fourth-order valence-electron chi connectivity index (χ4n) is 1.84. The van der Waals surface area contributed by atoms with Crippen molar-refractivity contribution in [1.82, 2.24) is 0 Å². The van der Waals surface area contributed by atoms with E-state index in [1.165, 1.54) is 30.6 Å². The number of nitrogens with two attached hydrogens (primary N) is 1. The monoisotopic (exact) mass is 279 g/mol. The number of thiophene rings is 1. The van der Waals surface area contributed by atoms with Crippen molar-refractivity contribution in [3.8, 4) is 11.8 Å². The van der Waals surface area contributed by atoms with Crippen molar-refractivity contribution in [2.24, 2.45) is 5.73 Å². The Morgan fingerprint density at radius 3 is 2.95 bits per heavy atom. The molecule has 1 aromatic heterocycles. The minimum atomic E-state index is 0.345. The van der Waals surface area contributed by atoms with E-state index in [1.807, 2.05) is 0 Å². The highest BCUT2D eigenvalue weighted by molar-refractivity contribution is 7.10. The Labute approximate surface area is 121 Å². The Bertz CT molecular complexity index is 402. The van der Waals surface area contributed by atoms with E-state index >= 15 is 0 Å². The molecule has 1 rings (SSSR count). The van der Waals surface area contributed by atoms with E-state index in [9.17, 15) is 0 Å². The molecule has 0 aliphatic heterocycles. The van der Waals surface area contributed by atoms with Crippen LogP contribution < -0.4 is 5.73 Å². The van der Waals surface area contributed by atoms with Crippen LogP contribution in [0.15, 0.2) is 11.4 Å². The molecule has 0 saturated heterocycles. The number of unbranched alkanes of at least 4 members (excludes halogenated alkanes) is 3. The van der Waals surface area contributed by atoms with Gasteiger partial charge in [0.2, 0.25) is 0 Å². The molecule has 1 atom stereocenters. The van der Waals surface area contributed by atoms with Crippen molar-refractivity contribution < 1.29 is 4.74 Å². The van der Waals surface area contributed by atoms with Gasteiger partial charge in [0.25, 0.3) is 0 Å². The molecule has 19 heavy (non-hydrogen) atoms. The molecule has 2 N–H and O–H groups in total. The molecule has 3 heteroatoms. The predicted molar refractivity (Wildman–Crippen MR) is 83.3 cm³/mol. The van der Waals surface area contributed by atoms with Crippen LogP contribution in [0.1, 0.15) is 56.4 Å². The largest absolute Gasteiger partial charge is 0.373 e. The average molecular weight is 279 g/mol. The molecule has 0 fully saturated rings. The molecule has 1 unspecified atom stereocenters. The molecule has 0 radical (unpaired) electrons. The van der Waals surface area contributed by atoms with E-state index in [4.69, 9.17) is 10.5 Å². The van der Waals surface area contributed by atoms with Gasteiger partial charge in [-0.25, -0.2) is 0 Å². The predicted octanol–water partition coefficient (Wildman–Crippen LogP) is 3.93. The average Bonchev–Trinajstić information content (AvgIpc) is 2.87. The molecular weight excluding hydrogens is 254 g/mol. The molecule has 2 nitrogen and oxygen atoms in total. The first-order valence-corrected chi connectivity index (χ1v) is 8.02. The summed E-state index contributed by atoms with van der Waals surface area (Å²) in [5.41, 5.74) is 6.40. The first kappa shape index (κ1) is 16.2. The Morgan fingerprint density at radius 1 is 1.37 bits per heavy atom. The van der Waals surface area contributed by atoms with Crippen LogP contribution in [-0.4, -0.2) is 12.6 Å². The Balaban J connectivity index is 2.22. The zero-order valence-electron chi connectivity index (χ0n) is 12.1. The van der Waals surface area contributed by atoms with Crippen molar-refractivity contribution >= 4 is 11.3 Å². The summed E-state index contributed by atoms with van der Waals surface area (Å²) in [6.07, 6.45) is 6.72. The molecular formula is C16H25NOS. The van der Waals surface area contributed by atoms with E-state index in [-0.39, 0.29) is 0 Å². The molecule has 1 aromatic rings. The third-order valence-corrected chi connectivity index (χ3v) is 3.87. The number of ether oxygens (including phenoxy) is 1. The first-order valence-electron chi connectivity index (χ1n) is 7.14. The standard InChI is InChI=1S/C16H25NOS/c1-3-4-5-6-8-14(2)18-12-16-11-15(13-19-16)9-7-10-17/h11,13-14H,3-6,8,10,12,17H2,1-2H3.